The number of aromatic nitrogens is 3. The standard InChI is InChI=1S/C10H14BrN5S/c1-2-4-16-8(6-13-15-16)9(14-12)10-7(11)3-5-17-10/h3,5-6,9,14H,2,4,12H2,1H3. The number of halogens is 1. The van der Waals surface area contributed by atoms with Gasteiger partial charge in [-0.2, -0.15) is 0 Å². The van der Waals surface area contributed by atoms with Crippen molar-refractivity contribution in [2.24, 2.45) is 5.84 Å². The van der Waals surface area contributed by atoms with E-state index in [1.165, 1.54) is 0 Å². The fourth-order valence-electron chi connectivity index (χ4n) is 1.68. The molecule has 3 N–H and O–H groups in total. The molecule has 5 nitrogen and oxygen atoms in total. The quantitative estimate of drug-likeness (QED) is 0.654. The van der Waals surface area contributed by atoms with Crippen molar-refractivity contribution in [3.63, 3.8) is 0 Å². The van der Waals surface area contributed by atoms with Crippen LogP contribution in [-0.2, 0) is 6.54 Å². The minimum atomic E-state index is -0.0778. The first kappa shape index (κ1) is 12.7. The van der Waals surface area contributed by atoms with E-state index in [1.54, 1.807) is 17.5 Å². The zero-order valence-corrected chi connectivity index (χ0v) is 11.8. The Labute approximate surface area is 112 Å². The molecule has 2 heterocycles. The van der Waals surface area contributed by atoms with Crippen molar-refractivity contribution < 1.29 is 0 Å². The molecular formula is C10H14BrN5S. The van der Waals surface area contributed by atoms with Crippen molar-refractivity contribution in [1.29, 1.82) is 0 Å². The number of hydrazine groups is 1. The highest BCUT2D eigenvalue weighted by Gasteiger charge is 2.21. The van der Waals surface area contributed by atoms with Crippen LogP contribution in [0.5, 0.6) is 0 Å². The Morgan fingerprint density at radius 2 is 2.47 bits per heavy atom. The smallest absolute Gasteiger partial charge is 0.0997 e. The second-order valence-corrected chi connectivity index (χ2v) is 5.42. The predicted octanol–water partition coefficient (Wildman–Crippen LogP) is 2.06. The lowest BCUT2D eigenvalue weighted by atomic mass is 10.2. The number of aryl methyl sites for hydroxylation is 1. The van der Waals surface area contributed by atoms with Crippen molar-refractivity contribution in [3.05, 3.63) is 32.7 Å². The predicted molar refractivity (Wildman–Crippen MR) is 71.5 cm³/mol. The molecule has 2 aromatic rings. The Balaban J connectivity index is 2.35. The maximum Gasteiger partial charge on any atom is 0.0997 e. The summed E-state index contributed by atoms with van der Waals surface area (Å²) in [6.07, 6.45) is 2.77. The molecule has 92 valence electrons. The van der Waals surface area contributed by atoms with Gasteiger partial charge in [-0.15, -0.1) is 16.4 Å². The molecule has 0 aliphatic carbocycles. The van der Waals surface area contributed by atoms with Crippen LogP contribution >= 0.6 is 27.3 Å². The van der Waals surface area contributed by atoms with Crippen LogP contribution in [-0.4, -0.2) is 15.0 Å². The van der Waals surface area contributed by atoms with Crippen LogP contribution in [0.2, 0.25) is 0 Å². The highest BCUT2D eigenvalue weighted by molar-refractivity contribution is 9.10. The largest absolute Gasteiger partial charge is 0.270 e. The van der Waals surface area contributed by atoms with Crippen molar-refractivity contribution in [2.45, 2.75) is 25.9 Å². The highest BCUT2D eigenvalue weighted by Crippen LogP contribution is 2.32. The average Bonchev–Trinajstić information content (AvgIpc) is 2.92. The molecule has 0 spiro atoms. The van der Waals surface area contributed by atoms with Gasteiger partial charge in [0.2, 0.25) is 0 Å². The minimum Gasteiger partial charge on any atom is -0.270 e. The molecule has 7 heteroatoms. The van der Waals surface area contributed by atoms with Crippen molar-refractivity contribution in [1.82, 2.24) is 20.4 Å². The lowest BCUT2D eigenvalue weighted by Gasteiger charge is -2.15. The molecule has 1 unspecified atom stereocenters. The third-order valence-corrected chi connectivity index (χ3v) is 4.39. The monoisotopic (exact) mass is 315 g/mol. The molecule has 17 heavy (non-hydrogen) atoms. The molecular weight excluding hydrogens is 302 g/mol. The fourth-order valence-corrected chi connectivity index (χ4v) is 3.35. The molecule has 1 atom stereocenters. The molecule has 0 radical (unpaired) electrons. The van der Waals surface area contributed by atoms with Gasteiger partial charge >= 0.3 is 0 Å². The Morgan fingerprint density at radius 3 is 3.06 bits per heavy atom. The summed E-state index contributed by atoms with van der Waals surface area (Å²) in [7, 11) is 0. The van der Waals surface area contributed by atoms with Crippen LogP contribution in [0.15, 0.2) is 22.1 Å². The van der Waals surface area contributed by atoms with Crippen molar-refractivity contribution in [2.75, 3.05) is 0 Å². The molecule has 0 bridgehead atoms. The lowest BCUT2D eigenvalue weighted by Crippen LogP contribution is -2.30. The minimum absolute atomic E-state index is 0.0778. The molecule has 2 aromatic heterocycles. The van der Waals surface area contributed by atoms with Crippen LogP contribution in [0.25, 0.3) is 0 Å². The molecule has 0 aliphatic heterocycles. The summed E-state index contributed by atoms with van der Waals surface area (Å²) in [6, 6.07) is 1.93. The maximum atomic E-state index is 5.66. The Bertz CT molecular complexity index is 481. The lowest BCUT2D eigenvalue weighted by molar-refractivity contribution is 0.514. The number of thiophene rings is 1. The van der Waals surface area contributed by atoms with Gasteiger partial charge < -0.3 is 0 Å². The number of nitrogens with two attached hydrogens (primary N) is 1. The third kappa shape index (κ3) is 2.57. The van der Waals surface area contributed by atoms with Gasteiger partial charge in [-0.3, -0.25) is 5.84 Å². The van der Waals surface area contributed by atoms with Gasteiger partial charge in [0.15, 0.2) is 0 Å². The van der Waals surface area contributed by atoms with E-state index in [9.17, 15) is 0 Å². The normalized spacial score (nSPS) is 12.9. The van der Waals surface area contributed by atoms with Gasteiger partial charge in [0.05, 0.1) is 17.9 Å². The molecule has 0 amide bonds. The van der Waals surface area contributed by atoms with E-state index in [2.05, 4.69) is 38.6 Å². The first-order valence-corrected chi connectivity index (χ1v) is 7.02. The topological polar surface area (TPSA) is 68.8 Å². The Kier molecular flexibility index (Phi) is 4.27. The third-order valence-electron chi connectivity index (χ3n) is 2.45. The van der Waals surface area contributed by atoms with Crippen molar-refractivity contribution in [3.8, 4) is 0 Å². The molecule has 0 saturated carbocycles. The fraction of sp³-hybridized carbons (Fsp3) is 0.400. The number of nitrogens with zero attached hydrogens (tertiary/aromatic N) is 3. The van der Waals surface area contributed by atoms with E-state index in [-0.39, 0.29) is 6.04 Å². The Morgan fingerprint density at radius 1 is 1.65 bits per heavy atom. The van der Waals surface area contributed by atoms with E-state index in [0.717, 1.165) is 28.0 Å². The summed E-state index contributed by atoms with van der Waals surface area (Å²) >= 11 is 5.17. The second-order valence-electron chi connectivity index (χ2n) is 3.61. The van der Waals surface area contributed by atoms with E-state index in [0.29, 0.717) is 0 Å². The zero-order valence-electron chi connectivity index (χ0n) is 9.43. The maximum absolute atomic E-state index is 5.66. The van der Waals surface area contributed by atoms with E-state index in [4.69, 9.17) is 5.84 Å². The van der Waals surface area contributed by atoms with Gasteiger partial charge in [-0.05, 0) is 33.8 Å². The zero-order chi connectivity index (χ0) is 12.3. The van der Waals surface area contributed by atoms with Gasteiger partial charge in [-0.25, -0.2) is 10.1 Å². The van der Waals surface area contributed by atoms with Gasteiger partial charge in [-0.1, -0.05) is 12.1 Å². The second kappa shape index (κ2) is 5.72. The van der Waals surface area contributed by atoms with Crippen LogP contribution in [0.4, 0.5) is 0 Å². The average molecular weight is 316 g/mol. The van der Waals surface area contributed by atoms with Gasteiger partial charge in [0.1, 0.15) is 0 Å². The van der Waals surface area contributed by atoms with Crippen LogP contribution in [0.1, 0.15) is 30.0 Å². The Hall–Kier alpha value is -0.760. The summed E-state index contributed by atoms with van der Waals surface area (Å²) < 4.78 is 2.94. The molecule has 0 aliphatic rings. The summed E-state index contributed by atoms with van der Waals surface area (Å²) in [4.78, 5) is 1.13. The summed E-state index contributed by atoms with van der Waals surface area (Å²) in [5.41, 5.74) is 3.81. The van der Waals surface area contributed by atoms with Crippen LogP contribution in [0.3, 0.4) is 0 Å². The number of nitrogens with one attached hydrogen (secondary N) is 1. The summed E-state index contributed by atoms with van der Waals surface area (Å²) in [5, 5.41) is 10.1. The SMILES string of the molecule is CCCn1nncc1C(NN)c1sccc1Br. The van der Waals surface area contributed by atoms with E-state index >= 15 is 0 Å². The van der Waals surface area contributed by atoms with Crippen molar-refractivity contribution >= 4 is 27.3 Å². The molecule has 0 aromatic carbocycles. The number of hydrogen-bond donors (Lipinski definition) is 2. The number of rotatable bonds is 5. The number of hydrogen-bond acceptors (Lipinski definition) is 5. The molecule has 0 fully saturated rings. The first-order chi connectivity index (χ1) is 8.27. The summed E-state index contributed by atoms with van der Waals surface area (Å²) in [6.45, 7) is 2.95. The summed E-state index contributed by atoms with van der Waals surface area (Å²) in [5.74, 6) is 5.66. The van der Waals surface area contributed by atoms with Gasteiger partial charge in [0, 0.05) is 15.9 Å². The van der Waals surface area contributed by atoms with Crippen LogP contribution in [0, 0.1) is 0 Å². The molecule has 0 saturated heterocycles. The van der Waals surface area contributed by atoms with Crippen LogP contribution < -0.4 is 11.3 Å². The molecule has 2 rings (SSSR count). The van der Waals surface area contributed by atoms with E-state index in [1.807, 2.05) is 16.1 Å². The highest BCUT2D eigenvalue weighted by atomic mass is 79.9. The first-order valence-electron chi connectivity index (χ1n) is 5.35. The van der Waals surface area contributed by atoms with E-state index < -0.39 is 0 Å². The van der Waals surface area contributed by atoms with Gasteiger partial charge in [0.25, 0.3) is 0 Å².